The number of anilines is 1. The molecular weight excluding hydrogens is 216 g/mol. The van der Waals surface area contributed by atoms with Crippen molar-refractivity contribution in [3.63, 3.8) is 0 Å². The van der Waals surface area contributed by atoms with Gasteiger partial charge in [-0.15, -0.1) is 0 Å². The second-order valence-electron chi connectivity index (χ2n) is 4.37. The first-order chi connectivity index (χ1) is 8.04. The summed E-state index contributed by atoms with van der Waals surface area (Å²) in [5.74, 6) is 1.50. The lowest BCUT2D eigenvalue weighted by Crippen LogP contribution is -2.28. The Balaban J connectivity index is 2.73. The molecule has 1 N–H and O–H groups in total. The van der Waals surface area contributed by atoms with Crippen LogP contribution in [0.25, 0.3) is 0 Å². The van der Waals surface area contributed by atoms with E-state index in [2.05, 4.69) is 20.2 Å². The normalized spacial score (nSPS) is 12.6. The van der Waals surface area contributed by atoms with Gasteiger partial charge in [0, 0.05) is 13.1 Å². The molecule has 1 heterocycles. The fourth-order valence-electron chi connectivity index (χ4n) is 1.64. The third-order valence-corrected chi connectivity index (χ3v) is 2.32. The molecule has 0 saturated heterocycles. The maximum atomic E-state index is 5.81. The van der Waals surface area contributed by atoms with Gasteiger partial charge in [-0.25, -0.2) is 9.97 Å². The van der Waals surface area contributed by atoms with E-state index in [1.165, 1.54) is 6.33 Å². The number of rotatable bonds is 6. The van der Waals surface area contributed by atoms with E-state index in [-0.39, 0.29) is 6.10 Å². The minimum Gasteiger partial charge on any atom is -0.473 e. The van der Waals surface area contributed by atoms with E-state index < -0.39 is 0 Å². The van der Waals surface area contributed by atoms with Gasteiger partial charge >= 0.3 is 0 Å². The topological polar surface area (TPSA) is 50.3 Å². The molecule has 0 aromatic carbocycles. The van der Waals surface area contributed by atoms with Crippen LogP contribution in [-0.4, -0.2) is 48.2 Å². The highest BCUT2D eigenvalue weighted by molar-refractivity contribution is 5.47. The standard InChI is InChI=1S/C12H22N4O/c1-6-13-11-10(3)12(15-8-14-11)17-9(2)7-16(4)5/h8-9H,6-7H2,1-5H3,(H,13,14,15). The highest BCUT2D eigenvalue weighted by Crippen LogP contribution is 2.21. The summed E-state index contributed by atoms with van der Waals surface area (Å²) in [6, 6.07) is 0. The zero-order valence-electron chi connectivity index (χ0n) is 11.3. The molecule has 1 unspecified atom stereocenters. The molecule has 0 aliphatic heterocycles. The predicted octanol–water partition coefficient (Wildman–Crippen LogP) is 1.55. The Kier molecular flexibility index (Phi) is 5.15. The van der Waals surface area contributed by atoms with Crippen LogP contribution in [0.1, 0.15) is 19.4 Å². The highest BCUT2D eigenvalue weighted by Gasteiger charge is 2.11. The number of likely N-dealkylation sites (N-methyl/N-ethyl adjacent to an activating group) is 1. The van der Waals surface area contributed by atoms with Gasteiger partial charge in [-0.3, -0.25) is 0 Å². The summed E-state index contributed by atoms with van der Waals surface area (Å²) < 4.78 is 5.81. The van der Waals surface area contributed by atoms with Crippen molar-refractivity contribution in [3.8, 4) is 5.88 Å². The zero-order chi connectivity index (χ0) is 12.8. The molecule has 0 bridgehead atoms. The van der Waals surface area contributed by atoms with E-state index in [0.29, 0.717) is 5.88 Å². The largest absolute Gasteiger partial charge is 0.473 e. The molecule has 0 fully saturated rings. The van der Waals surface area contributed by atoms with Gasteiger partial charge in [0.1, 0.15) is 18.2 Å². The maximum Gasteiger partial charge on any atom is 0.221 e. The molecule has 0 amide bonds. The summed E-state index contributed by atoms with van der Waals surface area (Å²) >= 11 is 0. The van der Waals surface area contributed by atoms with Crippen LogP contribution in [0.4, 0.5) is 5.82 Å². The van der Waals surface area contributed by atoms with Gasteiger partial charge in [-0.2, -0.15) is 0 Å². The molecule has 0 aliphatic carbocycles. The quantitative estimate of drug-likeness (QED) is 0.815. The number of aromatic nitrogens is 2. The molecule has 1 aromatic rings. The Morgan fingerprint density at radius 3 is 2.71 bits per heavy atom. The van der Waals surface area contributed by atoms with E-state index >= 15 is 0 Å². The number of ether oxygens (including phenoxy) is 1. The number of hydrogen-bond donors (Lipinski definition) is 1. The van der Waals surface area contributed by atoms with Crippen molar-refractivity contribution in [1.29, 1.82) is 0 Å². The first kappa shape index (κ1) is 13.7. The van der Waals surface area contributed by atoms with Crippen LogP contribution in [0, 0.1) is 6.92 Å². The Morgan fingerprint density at radius 1 is 1.41 bits per heavy atom. The molecule has 0 spiro atoms. The fourth-order valence-corrected chi connectivity index (χ4v) is 1.64. The zero-order valence-corrected chi connectivity index (χ0v) is 11.3. The second-order valence-corrected chi connectivity index (χ2v) is 4.37. The molecule has 0 aliphatic rings. The van der Waals surface area contributed by atoms with E-state index in [4.69, 9.17) is 4.74 Å². The highest BCUT2D eigenvalue weighted by atomic mass is 16.5. The lowest BCUT2D eigenvalue weighted by molar-refractivity contribution is 0.169. The molecule has 5 nitrogen and oxygen atoms in total. The van der Waals surface area contributed by atoms with Crippen molar-refractivity contribution in [2.45, 2.75) is 26.9 Å². The van der Waals surface area contributed by atoms with Crippen LogP contribution in [-0.2, 0) is 0 Å². The van der Waals surface area contributed by atoms with Crippen LogP contribution < -0.4 is 10.1 Å². The summed E-state index contributed by atoms with van der Waals surface area (Å²) in [5.41, 5.74) is 0.958. The minimum absolute atomic E-state index is 0.105. The number of nitrogens with zero attached hydrogens (tertiary/aromatic N) is 3. The molecule has 1 rings (SSSR count). The lowest BCUT2D eigenvalue weighted by atomic mass is 10.3. The van der Waals surface area contributed by atoms with Crippen molar-refractivity contribution >= 4 is 5.82 Å². The van der Waals surface area contributed by atoms with Crippen LogP contribution in [0.3, 0.4) is 0 Å². The monoisotopic (exact) mass is 238 g/mol. The summed E-state index contributed by atoms with van der Waals surface area (Å²) in [6.45, 7) is 7.74. The molecular formula is C12H22N4O. The van der Waals surface area contributed by atoms with Crippen molar-refractivity contribution in [2.24, 2.45) is 0 Å². The van der Waals surface area contributed by atoms with E-state index in [1.54, 1.807) is 0 Å². The second kappa shape index (κ2) is 6.39. The third kappa shape index (κ3) is 4.19. The first-order valence-electron chi connectivity index (χ1n) is 5.91. The van der Waals surface area contributed by atoms with Crippen molar-refractivity contribution in [3.05, 3.63) is 11.9 Å². The van der Waals surface area contributed by atoms with Crippen LogP contribution in [0.5, 0.6) is 5.88 Å². The third-order valence-electron chi connectivity index (χ3n) is 2.32. The fraction of sp³-hybridized carbons (Fsp3) is 0.667. The van der Waals surface area contributed by atoms with Crippen LogP contribution >= 0.6 is 0 Å². The summed E-state index contributed by atoms with van der Waals surface area (Å²) in [4.78, 5) is 10.5. The van der Waals surface area contributed by atoms with Crippen LogP contribution in [0.2, 0.25) is 0 Å². The average molecular weight is 238 g/mol. The Hall–Kier alpha value is -1.36. The predicted molar refractivity (Wildman–Crippen MR) is 69.6 cm³/mol. The molecule has 17 heavy (non-hydrogen) atoms. The first-order valence-corrected chi connectivity index (χ1v) is 5.91. The van der Waals surface area contributed by atoms with E-state index in [9.17, 15) is 0 Å². The Labute approximate surface area is 103 Å². The smallest absolute Gasteiger partial charge is 0.221 e. The van der Waals surface area contributed by atoms with Crippen LogP contribution in [0.15, 0.2) is 6.33 Å². The summed E-state index contributed by atoms with van der Waals surface area (Å²) in [6.07, 6.45) is 1.64. The molecule has 1 aromatic heterocycles. The number of nitrogens with one attached hydrogen (secondary N) is 1. The number of hydrogen-bond acceptors (Lipinski definition) is 5. The van der Waals surface area contributed by atoms with Gasteiger partial charge in [0.05, 0.1) is 5.56 Å². The average Bonchev–Trinajstić information content (AvgIpc) is 2.23. The molecule has 0 radical (unpaired) electrons. The van der Waals surface area contributed by atoms with Gasteiger partial charge < -0.3 is 15.0 Å². The van der Waals surface area contributed by atoms with Gasteiger partial charge in [-0.1, -0.05) is 0 Å². The van der Waals surface area contributed by atoms with Crippen molar-refractivity contribution in [1.82, 2.24) is 14.9 Å². The van der Waals surface area contributed by atoms with Gasteiger partial charge in [0.15, 0.2) is 0 Å². The molecule has 96 valence electrons. The maximum absolute atomic E-state index is 5.81. The van der Waals surface area contributed by atoms with Crippen molar-refractivity contribution < 1.29 is 4.74 Å². The Bertz CT molecular complexity index is 354. The molecule has 5 heteroatoms. The van der Waals surface area contributed by atoms with Gasteiger partial charge in [-0.05, 0) is 34.9 Å². The summed E-state index contributed by atoms with van der Waals surface area (Å²) in [5, 5.41) is 3.19. The minimum atomic E-state index is 0.105. The van der Waals surface area contributed by atoms with Crippen molar-refractivity contribution in [2.75, 3.05) is 32.5 Å². The molecule has 0 saturated carbocycles. The summed E-state index contributed by atoms with van der Waals surface area (Å²) in [7, 11) is 4.05. The van der Waals surface area contributed by atoms with Gasteiger partial charge in [0.2, 0.25) is 5.88 Å². The SMILES string of the molecule is CCNc1ncnc(OC(C)CN(C)C)c1C. The Morgan fingerprint density at radius 2 is 2.12 bits per heavy atom. The molecule has 1 atom stereocenters. The lowest BCUT2D eigenvalue weighted by Gasteiger charge is -2.19. The van der Waals surface area contributed by atoms with Gasteiger partial charge in [0.25, 0.3) is 0 Å². The van der Waals surface area contributed by atoms with E-state index in [0.717, 1.165) is 24.5 Å². The van der Waals surface area contributed by atoms with E-state index in [1.807, 2.05) is 34.9 Å².